The molecule has 3 heterocycles. The molecular weight excluding hydrogens is 541 g/mol. The van der Waals surface area contributed by atoms with Crippen molar-refractivity contribution in [1.29, 1.82) is 0 Å². The number of imidazole rings is 1. The van der Waals surface area contributed by atoms with Crippen LogP contribution in [0.1, 0.15) is 27.7 Å². The molecule has 214 valence electrons. The number of nitrogens with zero attached hydrogens (tertiary/aromatic N) is 3. The standard InChI is InChI=1S/C38H32BN3O2/c1-37(2)38(3,4)44-39(43-37)27-17-13-16-26(24-27)34-33-30(29-20-11-12-21-31(29)40-34)22-23-32-35(33)41-36(25-14-7-5-8-15-25)42(32)28-18-9-6-10-19-28/h5-24H,1-4H3. The first-order chi connectivity index (χ1) is 21.3. The van der Waals surface area contributed by atoms with E-state index in [1.54, 1.807) is 0 Å². The molecule has 44 heavy (non-hydrogen) atoms. The Balaban J connectivity index is 1.43. The summed E-state index contributed by atoms with van der Waals surface area (Å²) in [5.41, 5.74) is 7.01. The molecule has 0 bridgehead atoms. The van der Waals surface area contributed by atoms with Crippen molar-refractivity contribution in [3.8, 4) is 28.3 Å². The Morgan fingerprint density at radius 2 is 1.27 bits per heavy atom. The highest BCUT2D eigenvalue weighted by Gasteiger charge is 2.51. The number of hydrogen-bond acceptors (Lipinski definition) is 4. The average molecular weight is 574 g/mol. The van der Waals surface area contributed by atoms with Gasteiger partial charge in [-0.15, -0.1) is 0 Å². The zero-order valence-corrected chi connectivity index (χ0v) is 25.3. The van der Waals surface area contributed by atoms with Gasteiger partial charge in [-0.1, -0.05) is 97.1 Å². The maximum absolute atomic E-state index is 6.43. The van der Waals surface area contributed by atoms with Gasteiger partial charge in [0.1, 0.15) is 5.82 Å². The number of benzene rings is 5. The van der Waals surface area contributed by atoms with Crippen LogP contribution in [0.15, 0.2) is 121 Å². The van der Waals surface area contributed by atoms with Crippen LogP contribution in [-0.4, -0.2) is 32.9 Å². The molecule has 1 saturated heterocycles. The lowest BCUT2D eigenvalue weighted by molar-refractivity contribution is 0.00578. The second-order valence-corrected chi connectivity index (χ2v) is 12.5. The van der Waals surface area contributed by atoms with Crippen LogP contribution >= 0.6 is 0 Å². The lowest BCUT2D eigenvalue weighted by Gasteiger charge is -2.32. The summed E-state index contributed by atoms with van der Waals surface area (Å²) in [6.07, 6.45) is 0. The maximum atomic E-state index is 6.43. The summed E-state index contributed by atoms with van der Waals surface area (Å²) in [5.74, 6) is 0.893. The van der Waals surface area contributed by atoms with Crippen molar-refractivity contribution in [1.82, 2.24) is 14.5 Å². The zero-order valence-electron chi connectivity index (χ0n) is 25.3. The predicted octanol–water partition coefficient (Wildman–Crippen LogP) is 8.36. The second kappa shape index (κ2) is 9.88. The zero-order chi connectivity index (χ0) is 30.1. The summed E-state index contributed by atoms with van der Waals surface area (Å²) in [5, 5.41) is 3.25. The molecule has 0 radical (unpaired) electrons. The van der Waals surface area contributed by atoms with Gasteiger partial charge in [-0.2, -0.15) is 0 Å². The summed E-state index contributed by atoms with van der Waals surface area (Å²) in [6, 6.07) is 42.0. The Morgan fingerprint density at radius 3 is 2.02 bits per heavy atom. The van der Waals surface area contributed by atoms with E-state index >= 15 is 0 Å². The molecule has 0 aliphatic carbocycles. The summed E-state index contributed by atoms with van der Waals surface area (Å²) in [6.45, 7) is 8.33. The third-order valence-corrected chi connectivity index (χ3v) is 9.22. The lowest BCUT2D eigenvalue weighted by atomic mass is 9.78. The molecule has 7 aromatic rings. The quantitative estimate of drug-likeness (QED) is 0.157. The molecule has 0 spiro atoms. The molecular formula is C38H32BN3O2. The van der Waals surface area contributed by atoms with Gasteiger partial charge < -0.3 is 9.31 Å². The van der Waals surface area contributed by atoms with Crippen molar-refractivity contribution in [3.63, 3.8) is 0 Å². The number of fused-ring (bicyclic) bond motifs is 5. The highest BCUT2D eigenvalue weighted by Crippen LogP contribution is 2.40. The van der Waals surface area contributed by atoms with Crippen LogP contribution in [0.3, 0.4) is 0 Å². The fourth-order valence-corrected chi connectivity index (χ4v) is 6.22. The number of hydrogen-bond donors (Lipinski definition) is 0. The van der Waals surface area contributed by atoms with Gasteiger partial charge in [0.15, 0.2) is 0 Å². The minimum absolute atomic E-state index is 0.425. The molecule has 0 saturated carbocycles. The van der Waals surface area contributed by atoms with Crippen LogP contribution in [0.25, 0.3) is 61.0 Å². The maximum Gasteiger partial charge on any atom is 0.494 e. The molecule has 0 atom stereocenters. The smallest absolute Gasteiger partial charge is 0.399 e. The van der Waals surface area contributed by atoms with Crippen molar-refractivity contribution in [3.05, 3.63) is 121 Å². The van der Waals surface area contributed by atoms with E-state index in [0.717, 1.165) is 66.5 Å². The summed E-state index contributed by atoms with van der Waals surface area (Å²) in [7, 11) is -0.464. The van der Waals surface area contributed by atoms with Gasteiger partial charge in [-0.25, -0.2) is 9.97 Å². The molecule has 8 rings (SSSR count). The van der Waals surface area contributed by atoms with Gasteiger partial charge in [-0.3, -0.25) is 4.57 Å². The van der Waals surface area contributed by atoms with Crippen molar-refractivity contribution in [2.24, 2.45) is 0 Å². The molecule has 5 aromatic carbocycles. The first kappa shape index (κ1) is 26.8. The first-order valence-corrected chi connectivity index (χ1v) is 15.1. The Bertz CT molecular complexity index is 2170. The van der Waals surface area contributed by atoms with Gasteiger partial charge in [0.2, 0.25) is 0 Å². The van der Waals surface area contributed by atoms with Gasteiger partial charge >= 0.3 is 7.12 Å². The Hall–Kier alpha value is -4.78. The van der Waals surface area contributed by atoms with E-state index in [2.05, 4.69) is 135 Å². The van der Waals surface area contributed by atoms with Crippen LogP contribution in [0, 0.1) is 0 Å². The van der Waals surface area contributed by atoms with Crippen LogP contribution in [0.4, 0.5) is 0 Å². The molecule has 0 amide bonds. The van der Waals surface area contributed by atoms with E-state index in [-0.39, 0.29) is 0 Å². The molecule has 2 aromatic heterocycles. The number of para-hydroxylation sites is 2. The Labute approximate surface area is 257 Å². The largest absolute Gasteiger partial charge is 0.494 e. The van der Waals surface area contributed by atoms with Crippen molar-refractivity contribution < 1.29 is 9.31 Å². The van der Waals surface area contributed by atoms with Crippen LogP contribution in [0.2, 0.25) is 0 Å². The van der Waals surface area contributed by atoms with Gasteiger partial charge in [-0.05, 0) is 62.8 Å². The SMILES string of the molecule is CC1(C)OB(c2cccc(-c3nc4ccccc4c4ccc5c(nc(-c6ccccc6)n5-c5ccccc5)c34)c2)OC1(C)C. The second-order valence-electron chi connectivity index (χ2n) is 12.5. The monoisotopic (exact) mass is 573 g/mol. The van der Waals surface area contributed by atoms with E-state index in [9.17, 15) is 0 Å². The molecule has 1 aliphatic heterocycles. The molecule has 1 fully saturated rings. The highest BCUT2D eigenvalue weighted by atomic mass is 16.7. The van der Waals surface area contributed by atoms with Gasteiger partial charge in [0, 0.05) is 27.6 Å². The van der Waals surface area contributed by atoms with Crippen LogP contribution < -0.4 is 5.46 Å². The minimum atomic E-state index is -0.464. The van der Waals surface area contributed by atoms with E-state index in [4.69, 9.17) is 19.3 Å². The summed E-state index contributed by atoms with van der Waals surface area (Å²) in [4.78, 5) is 10.7. The fraction of sp³-hybridized carbons (Fsp3) is 0.158. The molecule has 6 heteroatoms. The molecule has 1 aliphatic rings. The van der Waals surface area contributed by atoms with E-state index in [0.29, 0.717) is 0 Å². The number of rotatable bonds is 4. The van der Waals surface area contributed by atoms with Crippen molar-refractivity contribution in [2.45, 2.75) is 38.9 Å². The van der Waals surface area contributed by atoms with Crippen LogP contribution in [0.5, 0.6) is 0 Å². The van der Waals surface area contributed by atoms with E-state index in [1.165, 1.54) is 0 Å². The van der Waals surface area contributed by atoms with Crippen molar-refractivity contribution >= 4 is 45.3 Å². The third-order valence-electron chi connectivity index (χ3n) is 9.22. The lowest BCUT2D eigenvalue weighted by Crippen LogP contribution is -2.41. The van der Waals surface area contributed by atoms with E-state index < -0.39 is 18.3 Å². The molecule has 0 N–H and O–H groups in total. The topological polar surface area (TPSA) is 49.2 Å². The Kier molecular flexibility index (Phi) is 6.02. The Morgan fingerprint density at radius 1 is 0.614 bits per heavy atom. The van der Waals surface area contributed by atoms with E-state index in [1.807, 2.05) is 18.2 Å². The predicted molar refractivity (Wildman–Crippen MR) is 180 cm³/mol. The van der Waals surface area contributed by atoms with Crippen LogP contribution in [-0.2, 0) is 9.31 Å². The minimum Gasteiger partial charge on any atom is -0.399 e. The third kappa shape index (κ3) is 4.17. The fourth-order valence-electron chi connectivity index (χ4n) is 6.22. The summed E-state index contributed by atoms with van der Waals surface area (Å²) < 4.78 is 15.1. The average Bonchev–Trinajstić information content (AvgIpc) is 3.54. The molecule has 5 nitrogen and oxygen atoms in total. The first-order valence-electron chi connectivity index (χ1n) is 15.1. The normalized spacial score (nSPS) is 15.9. The summed E-state index contributed by atoms with van der Waals surface area (Å²) >= 11 is 0. The van der Waals surface area contributed by atoms with Crippen molar-refractivity contribution in [2.75, 3.05) is 0 Å². The number of pyridine rings is 1. The molecule has 0 unspecified atom stereocenters. The highest BCUT2D eigenvalue weighted by molar-refractivity contribution is 6.62. The van der Waals surface area contributed by atoms with Gasteiger partial charge in [0.05, 0.1) is 33.4 Å². The van der Waals surface area contributed by atoms with Gasteiger partial charge in [0.25, 0.3) is 0 Å². The number of aromatic nitrogens is 3.